The molecule has 1 fully saturated rings. The Morgan fingerprint density at radius 2 is 1.60 bits per heavy atom. The highest BCUT2D eigenvalue weighted by Gasteiger charge is 2.39. The number of benzene rings is 2. The number of ether oxygens (including phenoxy) is 1. The van der Waals surface area contributed by atoms with Crippen LogP contribution in [0.5, 0.6) is 5.75 Å². The summed E-state index contributed by atoms with van der Waals surface area (Å²) in [6.45, 7) is 1.55. The molecular weight excluding hydrogens is 406 g/mol. The number of carbonyl (C=O) groups excluding carboxylic acids is 3. The van der Waals surface area contributed by atoms with Crippen molar-refractivity contribution >= 4 is 40.7 Å². The van der Waals surface area contributed by atoms with Crippen molar-refractivity contribution in [1.29, 1.82) is 0 Å². The van der Waals surface area contributed by atoms with Gasteiger partial charge in [-0.1, -0.05) is 11.6 Å². The SMILES string of the molecule is COc1ccc(N2C(=O)C(Cl)=C(Nc3ccc(C(=O)N4CCCC4)cc3)C2=O)cc1. The lowest BCUT2D eigenvalue weighted by Crippen LogP contribution is -2.32. The van der Waals surface area contributed by atoms with Crippen molar-refractivity contribution in [2.75, 3.05) is 30.4 Å². The number of methoxy groups -OCH3 is 1. The van der Waals surface area contributed by atoms with Crippen LogP contribution in [0.2, 0.25) is 0 Å². The molecule has 7 nitrogen and oxygen atoms in total. The maximum atomic E-state index is 12.8. The highest BCUT2D eigenvalue weighted by atomic mass is 35.5. The molecule has 4 rings (SSSR count). The molecule has 0 unspecified atom stereocenters. The van der Waals surface area contributed by atoms with Gasteiger partial charge in [-0.15, -0.1) is 0 Å². The molecule has 1 saturated heterocycles. The van der Waals surface area contributed by atoms with E-state index in [2.05, 4.69) is 5.32 Å². The van der Waals surface area contributed by atoms with Crippen molar-refractivity contribution in [3.05, 3.63) is 64.8 Å². The Hall–Kier alpha value is -3.32. The molecule has 0 aliphatic carbocycles. The van der Waals surface area contributed by atoms with Gasteiger partial charge in [0.05, 0.1) is 12.8 Å². The standard InChI is InChI=1S/C22H20ClN3O4/c1-30-17-10-8-16(9-11-17)26-21(28)18(23)19(22(26)29)24-15-6-4-14(5-7-15)20(27)25-12-2-3-13-25/h4-11,24H,2-3,12-13H2,1H3. The summed E-state index contributed by atoms with van der Waals surface area (Å²) in [5, 5.41) is 2.73. The molecule has 0 saturated carbocycles. The molecule has 2 aromatic carbocycles. The Morgan fingerprint density at radius 1 is 0.967 bits per heavy atom. The number of amides is 3. The first-order chi connectivity index (χ1) is 14.5. The van der Waals surface area contributed by atoms with Crippen LogP contribution < -0.4 is 15.0 Å². The second-order valence-corrected chi connectivity index (χ2v) is 7.41. The molecule has 3 amide bonds. The van der Waals surface area contributed by atoms with Gasteiger partial charge in [-0.3, -0.25) is 14.4 Å². The number of nitrogens with one attached hydrogen (secondary N) is 1. The van der Waals surface area contributed by atoms with Crippen LogP contribution in [-0.4, -0.2) is 42.8 Å². The Kier molecular flexibility index (Phi) is 5.46. The van der Waals surface area contributed by atoms with Gasteiger partial charge in [0.15, 0.2) is 0 Å². The fourth-order valence-corrected chi connectivity index (χ4v) is 3.73. The summed E-state index contributed by atoms with van der Waals surface area (Å²) in [5.41, 5.74) is 1.53. The monoisotopic (exact) mass is 425 g/mol. The maximum Gasteiger partial charge on any atom is 0.283 e. The van der Waals surface area contributed by atoms with E-state index in [9.17, 15) is 14.4 Å². The number of halogens is 1. The van der Waals surface area contributed by atoms with Crippen LogP contribution in [0.1, 0.15) is 23.2 Å². The predicted molar refractivity (Wildman–Crippen MR) is 114 cm³/mol. The number of rotatable bonds is 5. The normalized spacial score (nSPS) is 16.5. The lowest BCUT2D eigenvalue weighted by molar-refractivity contribution is -0.120. The summed E-state index contributed by atoms with van der Waals surface area (Å²) in [4.78, 5) is 40.7. The fraction of sp³-hybridized carbons (Fsp3) is 0.227. The van der Waals surface area contributed by atoms with Crippen LogP contribution in [0.15, 0.2) is 59.3 Å². The largest absolute Gasteiger partial charge is 0.497 e. The summed E-state index contributed by atoms with van der Waals surface area (Å²) in [6, 6.07) is 13.3. The molecule has 30 heavy (non-hydrogen) atoms. The second kappa shape index (κ2) is 8.20. The van der Waals surface area contributed by atoms with Crippen LogP contribution in [0.25, 0.3) is 0 Å². The van der Waals surface area contributed by atoms with Gasteiger partial charge < -0.3 is 15.0 Å². The van der Waals surface area contributed by atoms with E-state index in [0.717, 1.165) is 30.8 Å². The highest BCUT2D eigenvalue weighted by molar-refractivity contribution is 6.53. The summed E-state index contributed by atoms with van der Waals surface area (Å²) >= 11 is 6.16. The Labute approximate surface area is 178 Å². The average molecular weight is 426 g/mol. The van der Waals surface area contributed by atoms with E-state index in [1.807, 2.05) is 4.90 Å². The van der Waals surface area contributed by atoms with Gasteiger partial charge in [0.2, 0.25) is 0 Å². The summed E-state index contributed by atoms with van der Waals surface area (Å²) in [7, 11) is 1.53. The van der Waals surface area contributed by atoms with Crippen molar-refractivity contribution < 1.29 is 19.1 Å². The molecule has 2 aliphatic heterocycles. The van der Waals surface area contributed by atoms with E-state index < -0.39 is 11.8 Å². The van der Waals surface area contributed by atoms with Gasteiger partial charge >= 0.3 is 0 Å². The number of hydrogen-bond donors (Lipinski definition) is 1. The molecule has 8 heteroatoms. The van der Waals surface area contributed by atoms with Gasteiger partial charge in [0.1, 0.15) is 16.5 Å². The predicted octanol–water partition coefficient (Wildman–Crippen LogP) is 3.37. The lowest BCUT2D eigenvalue weighted by atomic mass is 10.2. The molecule has 0 radical (unpaired) electrons. The fourth-order valence-electron chi connectivity index (χ4n) is 3.52. The third kappa shape index (κ3) is 3.64. The van der Waals surface area contributed by atoms with Crippen molar-refractivity contribution in [2.45, 2.75) is 12.8 Å². The Bertz CT molecular complexity index is 1030. The quantitative estimate of drug-likeness (QED) is 0.743. The molecule has 0 spiro atoms. The number of carbonyl (C=O) groups is 3. The number of imide groups is 1. The maximum absolute atomic E-state index is 12.8. The van der Waals surface area contributed by atoms with Crippen LogP contribution in [0.3, 0.4) is 0 Å². The summed E-state index contributed by atoms with van der Waals surface area (Å²) in [5.74, 6) is -0.546. The Balaban J connectivity index is 1.50. The average Bonchev–Trinajstić information content (AvgIpc) is 3.38. The molecule has 0 bridgehead atoms. The van der Waals surface area contributed by atoms with E-state index in [0.29, 0.717) is 22.7 Å². The Morgan fingerprint density at radius 3 is 2.20 bits per heavy atom. The first-order valence-electron chi connectivity index (χ1n) is 9.58. The van der Waals surface area contributed by atoms with Gasteiger partial charge in [0.25, 0.3) is 17.7 Å². The topological polar surface area (TPSA) is 79.0 Å². The van der Waals surface area contributed by atoms with E-state index in [1.54, 1.807) is 48.5 Å². The van der Waals surface area contributed by atoms with Crippen LogP contribution >= 0.6 is 11.6 Å². The molecule has 2 heterocycles. The minimum atomic E-state index is -0.602. The zero-order valence-corrected chi connectivity index (χ0v) is 17.1. The molecule has 2 aromatic rings. The third-order valence-electron chi connectivity index (χ3n) is 5.15. The van der Waals surface area contributed by atoms with Gasteiger partial charge in [-0.2, -0.15) is 0 Å². The first-order valence-corrected chi connectivity index (χ1v) is 9.96. The molecule has 2 aliphatic rings. The van der Waals surface area contributed by atoms with Gasteiger partial charge in [-0.05, 0) is 61.4 Å². The van der Waals surface area contributed by atoms with Crippen molar-refractivity contribution in [3.63, 3.8) is 0 Å². The van der Waals surface area contributed by atoms with Gasteiger partial charge in [-0.25, -0.2) is 4.90 Å². The lowest BCUT2D eigenvalue weighted by Gasteiger charge is -2.16. The number of anilines is 2. The first kappa shape index (κ1) is 20.0. The van der Waals surface area contributed by atoms with E-state index in [-0.39, 0.29) is 16.6 Å². The van der Waals surface area contributed by atoms with Crippen LogP contribution in [-0.2, 0) is 9.59 Å². The molecular formula is C22H20ClN3O4. The smallest absolute Gasteiger partial charge is 0.283 e. The number of hydrogen-bond acceptors (Lipinski definition) is 5. The van der Waals surface area contributed by atoms with E-state index >= 15 is 0 Å². The zero-order valence-electron chi connectivity index (χ0n) is 16.4. The number of nitrogens with zero attached hydrogens (tertiary/aromatic N) is 2. The van der Waals surface area contributed by atoms with Crippen LogP contribution in [0, 0.1) is 0 Å². The minimum Gasteiger partial charge on any atom is -0.497 e. The van der Waals surface area contributed by atoms with Crippen molar-refractivity contribution in [1.82, 2.24) is 4.90 Å². The third-order valence-corrected chi connectivity index (χ3v) is 5.50. The molecule has 0 aromatic heterocycles. The summed E-state index contributed by atoms with van der Waals surface area (Å²) < 4.78 is 5.10. The summed E-state index contributed by atoms with van der Waals surface area (Å²) in [6.07, 6.45) is 2.05. The molecule has 0 atom stereocenters. The van der Waals surface area contributed by atoms with Gasteiger partial charge in [0, 0.05) is 24.3 Å². The molecule has 1 N–H and O–H groups in total. The second-order valence-electron chi connectivity index (χ2n) is 7.03. The van der Waals surface area contributed by atoms with Crippen molar-refractivity contribution in [3.8, 4) is 5.75 Å². The zero-order chi connectivity index (χ0) is 21.3. The van der Waals surface area contributed by atoms with Crippen molar-refractivity contribution in [2.24, 2.45) is 0 Å². The van der Waals surface area contributed by atoms with E-state index in [4.69, 9.17) is 16.3 Å². The van der Waals surface area contributed by atoms with Crippen LogP contribution in [0.4, 0.5) is 11.4 Å². The molecule has 154 valence electrons. The minimum absolute atomic E-state index is 0.00361. The highest BCUT2D eigenvalue weighted by Crippen LogP contribution is 2.31. The number of likely N-dealkylation sites (tertiary alicyclic amines) is 1. The van der Waals surface area contributed by atoms with E-state index in [1.165, 1.54) is 7.11 Å².